The molecular weight excluding hydrogens is 368 g/mol. The van der Waals surface area contributed by atoms with Gasteiger partial charge in [-0.05, 0) is 25.5 Å². The van der Waals surface area contributed by atoms with Crippen molar-refractivity contribution in [3.63, 3.8) is 0 Å². The zero-order valence-electron chi connectivity index (χ0n) is 17.2. The van der Waals surface area contributed by atoms with Gasteiger partial charge in [-0.2, -0.15) is 0 Å². The Bertz CT molecular complexity index is 846. The number of Topliss-reactive ketones (excluding diaryl/α,β-unsaturated/α-hetero) is 1. The summed E-state index contributed by atoms with van der Waals surface area (Å²) in [5.41, 5.74) is 2.23. The lowest BCUT2D eigenvalue weighted by Crippen LogP contribution is -2.38. The van der Waals surface area contributed by atoms with Crippen molar-refractivity contribution in [1.29, 1.82) is 0 Å². The van der Waals surface area contributed by atoms with Crippen LogP contribution in [0.4, 0.5) is 5.69 Å². The number of ketones is 1. The fourth-order valence-electron chi connectivity index (χ4n) is 2.94. The Hall–Kier alpha value is -3.15. The van der Waals surface area contributed by atoms with E-state index in [9.17, 15) is 14.4 Å². The summed E-state index contributed by atoms with van der Waals surface area (Å²) in [6, 6.07) is 14.4. The van der Waals surface area contributed by atoms with Crippen molar-refractivity contribution in [1.82, 2.24) is 4.90 Å². The highest BCUT2D eigenvalue weighted by atomic mass is 16.5. The number of benzene rings is 2. The summed E-state index contributed by atoms with van der Waals surface area (Å²) in [6.45, 7) is 4.28. The first-order chi connectivity index (χ1) is 13.9. The van der Waals surface area contributed by atoms with E-state index in [1.54, 1.807) is 30.3 Å². The number of anilines is 1. The van der Waals surface area contributed by atoms with Gasteiger partial charge >= 0.3 is 0 Å². The Morgan fingerprint density at radius 3 is 2.34 bits per heavy atom. The molecule has 0 saturated carbocycles. The summed E-state index contributed by atoms with van der Waals surface area (Å²) >= 11 is 0. The summed E-state index contributed by atoms with van der Waals surface area (Å²) < 4.78 is 5.23. The van der Waals surface area contributed by atoms with E-state index < -0.39 is 0 Å². The van der Waals surface area contributed by atoms with E-state index in [1.165, 1.54) is 12.0 Å². The third-order valence-corrected chi connectivity index (χ3v) is 4.50. The van der Waals surface area contributed by atoms with Gasteiger partial charge in [0.15, 0.2) is 5.78 Å². The van der Waals surface area contributed by atoms with Crippen molar-refractivity contribution in [2.24, 2.45) is 0 Å². The number of aryl methyl sites for hydroxylation is 1. The lowest BCUT2D eigenvalue weighted by atomic mass is 10.0. The van der Waals surface area contributed by atoms with Crippen LogP contribution < -0.4 is 10.1 Å². The molecule has 2 rings (SSSR count). The van der Waals surface area contributed by atoms with Gasteiger partial charge in [-0.1, -0.05) is 48.9 Å². The summed E-state index contributed by atoms with van der Waals surface area (Å²) in [7, 11) is 1.53. The smallest absolute Gasteiger partial charge is 0.244 e. The van der Waals surface area contributed by atoms with Crippen LogP contribution >= 0.6 is 0 Å². The second kappa shape index (κ2) is 11.0. The molecule has 2 aromatic rings. The largest absolute Gasteiger partial charge is 0.495 e. The normalized spacial score (nSPS) is 10.3. The molecule has 0 aromatic heterocycles. The molecule has 0 bridgehead atoms. The molecule has 0 atom stereocenters. The number of carbonyl (C=O) groups excluding carboxylic acids is 3. The van der Waals surface area contributed by atoms with Crippen LogP contribution in [0, 0.1) is 6.92 Å². The van der Waals surface area contributed by atoms with E-state index in [1.807, 2.05) is 32.0 Å². The van der Waals surface area contributed by atoms with Crippen molar-refractivity contribution in [2.45, 2.75) is 33.1 Å². The van der Waals surface area contributed by atoms with E-state index >= 15 is 0 Å². The summed E-state index contributed by atoms with van der Waals surface area (Å²) in [5, 5.41) is 2.78. The monoisotopic (exact) mass is 396 g/mol. The molecule has 0 saturated heterocycles. The maximum atomic E-state index is 12.6. The quantitative estimate of drug-likeness (QED) is 0.619. The number of nitrogens with one attached hydrogen (secondary N) is 1. The number of amides is 2. The van der Waals surface area contributed by atoms with Gasteiger partial charge in [-0.3, -0.25) is 14.4 Å². The first-order valence-electron chi connectivity index (χ1n) is 9.75. The molecule has 29 heavy (non-hydrogen) atoms. The third kappa shape index (κ3) is 6.75. The molecular formula is C23H28N2O4. The van der Waals surface area contributed by atoms with Gasteiger partial charge in [0.05, 0.1) is 19.3 Å². The summed E-state index contributed by atoms with van der Waals surface area (Å²) in [4.78, 5) is 38.8. The molecule has 0 aliphatic carbocycles. The number of nitrogens with zero attached hydrogens (tertiary/aromatic N) is 1. The second-order valence-corrected chi connectivity index (χ2v) is 6.85. The minimum absolute atomic E-state index is 0.0660. The molecule has 0 radical (unpaired) electrons. The van der Waals surface area contributed by atoms with E-state index in [4.69, 9.17) is 4.74 Å². The van der Waals surface area contributed by atoms with Crippen molar-refractivity contribution in [3.8, 4) is 5.75 Å². The zero-order chi connectivity index (χ0) is 21.2. The van der Waals surface area contributed by atoms with Crippen molar-refractivity contribution >= 4 is 23.3 Å². The zero-order valence-corrected chi connectivity index (χ0v) is 17.2. The standard InChI is InChI=1S/C23H28N2O4/c1-4-15-25(16-22(27)24-19-7-5-6-8-21(19)29-3)23(28)14-13-20(26)18-11-9-17(2)10-12-18/h5-12H,4,13-16H2,1-3H3,(H,24,27). The number of hydrogen-bond acceptors (Lipinski definition) is 4. The minimum Gasteiger partial charge on any atom is -0.495 e. The van der Waals surface area contributed by atoms with E-state index in [0.717, 1.165) is 12.0 Å². The molecule has 0 spiro atoms. The highest BCUT2D eigenvalue weighted by molar-refractivity contribution is 5.99. The predicted octanol–water partition coefficient (Wildman–Crippen LogP) is 3.84. The topological polar surface area (TPSA) is 75.7 Å². The Labute approximate surface area is 171 Å². The Kier molecular flexibility index (Phi) is 8.40. The number of carbonyl (C=O) groups is 3. The average Bonchev–Trinajstić information content (AvgIpc) is 2.72. The van der Waals surface area contributed by atoms with Crippen LogP contribution in [0.5, 0.6) is 5.75 Å². The van der Waals surface area contributed by atoms with Crippen LogP contribution in [0.3, 0.4) is 0 Å². The number of para-hydroxylation sites is 2. The number of hydrogen-bond donors (Lipinski definition) is 1. The van der Waals surface area contributed by atoms with Crippen molar-refractivity contribution in [2.75, 3.05) is 25.5 Å². The van der Waals surface area contributed by atoms with Gasteiger partial charge < -0.3 is 15.0 Å². The van der Waals surface area contributed by atoms with E-state index in [-0.39, 0.29) is 37.0 Å². The molecule has 6 nitrogen and oxygen atoms in total. The van der Waals surface area contributed by atoms with Gasteiger partial charge in [0.1, 0.15) is 5.75 Å². The van der Waals surface area contributed by atoms with E-state index in [2.05, 4.69) is 5.32 Å². The molecule has 2 amide bonds. The fourth-order valence-corrected chi connectivity index (χ4v) is 2.94. The van der Waals surface area contributed by atoms with Crippen molar-refractivity contribution in [3.05, 3.63) is 59.7 Å². The number of ether oxygens (including phenoxy) is 1. The maximum Gasteiger partial charge on any atom is 0.244 e. The van der Waals surface area contributed by atoms with Crippen molar-refractivity contribution < 1.29 is 19.1 Å². The van der Waals surface area contributed by atoms with E-state index in [0.29, 0.717) is 23.5 Å². The highest BCUT2D eigenvalue weighted by Crippen LogP contribution is 2.22. The first-order valence-corrected chi connectivity index (χ1v) is 9.75. The molecule has 0 aliphatic rings. The van der Waals surface area contributed by atoms with Gasteiger partial charge in [0.25, 0.3) is 0 Å². The van der Waals surface area contributed by atoms with Gasteiger partial charge in [0, 0.05) is 24.9 Å². The SMILES string of the molecule is CCCN(CC(=O)Nc1ccccc1OC)C(=O)CCC(=O)c1ccc(C)cc1. The number of methoxy groups -OCH3 is 1. The Morgan fingerprint density at radius 1 is 1.00 bits per heavy atom. The van der Waals surface area contributed by atoms with Crippen LogP contribution in [0.15, 0.2) is 48.5 Å². The molecule has 0 heterocycles. The fraction of sp³-hybridized carbons (Fsp3) is 0.348. The van der Waals surface area contributed by atoms with Crippen LogP contribution in [-0.4, -0.2) is 42.7 Å². The predicted molar refractivity (Wildman–Crippen MR) is 113 cm³/mol. The van der Waals surface area contributed by atoms with Crippen LogP contribution in [-0.2, 0) is 9.59 Å². The highest BCUT2D eigenvalue weighted by Gasteiger charge is 2.19. The molecule has 2 aromatic carbocycles. The van der Waals surface area contributed by atoms with Gasteiger partial charge in [0.2, 0.25) is 11.8 Å². The first kappa shape index (κ1) is 22.1. The van der Waals surface area contributed by atoms with Crippen LogP contribution in [0.2, 0.25) is 0 Å². The summed E-state index contributed by atoms with van der Waals surface area (Å²) in [6.07, 6.45) is 0.921. The molecule has 0 unspecified atom stereocenters. The van der Waals surface area contributed by atoms with Crippen LogP contribution in [0.25, 0.3) is 0 Å². The Balaban J connectivity index is 1.93. The molecule has 0 aliphatic heterocycles. The molecule has 1 N–H and O–H groups in total. The van der Waals surface area contributed by atoms with Crippen LogP contribution in [0.1, 0.15) is 42.1 Å². The van der Waals surface area contributed by atoms with Gasteiger partial charge in [-0.25, -0.2) is 0 Å². The third-order valence-electron chi connectivity index (χ3n) is 4.50. The second-order valence-electron chi connectivity index (χ2n) is 6.85. The van der Waals surface area contributed by atoms with Gasteiger partial charge in [-0.15, -0.1) is 0 Å². The average molecular weight is 396 g/mol. The minimum atomic E-state index is -0.304. The molecule has 0 fully saturated rings. The Morgan fingerprint density at radius 2 is 1.69 bits per heavy atom. The summed E-state index contributed by atoms with van der Waals surface area (Å²) in [5.74, 6) is -0.0326. The molecule has 154 valence electrons. The lowest BCUT2D eigenvalue weighted by molar-refractivity contribution is -0.134. The molecule has 6 heteroatoms. The number of rotatable bonds is 10. The lowest BCUT2D eigenvalue weighted by Gasteiger charge is -2.22. The maximum absolute atomic E-state index is 12.6.